The Morgan fingerprint density at radius 2 is 1.33 bits per heavy atom. The molecule has 9 heavy (non-hydrogen) atoms. The van der Waals surface area contributed by atoms with Crippen molar-refractivity contribution in [2.75, 3.05) is 0 Å². The largest absolute Gasteiger partial charge is 0.370 e. The van der Waals surface area contributed by atoms with Gasteiger partial charge in [0.05, 0.1) is 0 Å². The normalized spacial score (nSPS) is 9.00. The molecule has 0 fully saturated rings. The molecule has 2 radical (unpaired) electrons. The molecule has 0 rings (SSSR count). The van der Waals surface area contributed by atoms with Gasteiger partial charge in [-0.15, -0.1) is 6.92 Å². The van der Waals surface area contributed by atoms with E-state index in [0.29, 0.717) is 5.92 Å². The Bertz CT molecular complexity index is 20.9. The summed E-state index contributed by atoms with van der Waals surface area (Å²) < 4.78 is 0. The molecule has 0 nitrogen and oxygen atoms in total. The van der Waals surface area contributed by atoms with Gasteiger partial charge in [-0.1, -0.05) is 0 Å². The first kappa shape index (κ1) is 22.5. The van der Waals surface area contributed by atoms with Crippen molar-refractivity contribution in [3.05, 3.63) is 20.3 Å². The molecule has 0 aromatic rings. The average Bonchev–Trinajstić information content (AvgIpc) is 1.73. The van der Waals surface area contributed by atoms with Crippen LogP contribution in [0, 0.1) is 26.2 Å². The van der Waals surface area contributed by atoms with E-state index in [4.69, 9.17) is 0 Å². The Hall–Kier alpha value is 2.21. The molecule has 0 aliphatic heterocycles. The predicted molar refractivity (Wildman–Crippen MR) is 35.5 cm³/mol. The van der Waals surface area contributed by atoms with Gasteiger partial charge in [0.1, 0.15) is 0 Å². The third kappa shape index (κ3) is 38.8. The molecule has 0 aliphatic carbocycles. The third-order valence-corrected chi connectivity index (χ3v) is 0.569. The summed E-state index contributed by atoms with van der Waals surface area (Å²) in [7, 11) is 0. The Morgan fingerprint density at radius 3 is 1.33 bits per heavy atom. The average molecular weight is 277 g/mol. The monoisotopic (exact) mass is 277 g/mol. The SMILES string of the molecule is [CH2-]C.[CH2-]C(C)[CH-]C.[Y].[Y]. The molecule has 0 N–H and O–H groups in total. The molecule has 0 saturated heterocycles. The molecule has 0 aromatic carbocycles. The van der Waals surface area contributed by atoms with Crippen molar-refractivity contribution in [1.82, 2.24) is 0 Å². The van der Waals surface area contributed by atoms with Gasteiger partial charge in [-0.25, -0.2) is 0 Å². The second kappa shape index (κ2) is 22.5. The van der Waals surface area contributed by atoms with E-state index < -0.39 is 0 Å². The van der Waals surface area contributed by atoms with Gasteiger partial charge < -0.3 is 26.2 Å². The smallest absolute Gasteiger partial charge is 0 e. The van der Waals surface area contributed by atoms with Crippen molar-refractivity contribution in [2.45, 2.75) is 20.8 Å². The van der Waals surface area contributed by atoms with Crippen LogP contribution >= 0.6 is 0 Å². The van der Waals surface area contributed by atoms with Crippen LogP contribution in [-0.2, 0) is 65.4 Å². The van der Waals surface area contributed by atoms with Gasteiger partial charge >= 0.3 is 0 Å². The first-order chi connectivity index (χ1) is 3.27. The van der Waals surface area contributed by atoms with E-state index in [1.54, 1.807) is 6.92 Å². The Kier molecular flexibility index (Phi) is 56.1. The van der Waals surface area contributed by atoms with Crippen LogP contribution in [0.2, 0.25) is 0 Å². The summed E-state index contributed by atoms with van der Waals surface area (Å²) in [5, 5.41) is 0. The van der Waals surface area contributed by atoms with Crippen molar-refractivity contribution < 1.29 is 65.4 Å². The molecule has 0 bridgehead atoms. The van der Waals surface area contributed by atoms with E-state index in [1.807, 2.05) is 6.92 Å². The second-order valence-corrected chi connectivity index (χ2v) is 1.31. The molecule has 0 aliphatic rings. The van der Waals surface area contributed by atoms with Crippen LogP contribution in [0.25, 0.3) is 0 Å². The third-order valence-electron chi connectivity index (χ3n) is 0.569. The second-order valence-electron chi connectivity index (χ2n) is 1.31. The Balaban J connectivity index is -0.0000000286. The molecular formula is C7H15Y2-3. The maximum atomic E-state index is 3.70. The van der Waals surface area contributed by atoms with Gasteiger partial charge in [0.2, 0.25) is 0 Å². The summed E-state index contributed by atoms with van der Waals surface area (Å²) in [6, 6.07) is 0. The van der Waals surface area contributed by atoms with Crippen molar-refractivity contribution in [2.24, 2.45) is 5.92 Å². The van der Waals surface area contributed by atoms with E-state index in [1.165, 1.54) is 0 Å². The summed E-state index contributed by atoms with van der Waals surface area (Å²) in [5.74, 6) is 0.509. The zero-order valence-corrected chi connectivity index (χ0v) is 12.4. The van der Waals surface area contributed by atoms with Gasteiger partial charge in [-0.05, 0) is 0 Å². The number of hydrogen-bond donors (Lipinski definition) is 0. The summed E-state index contributed by atoms with van der Waals surface area (Å²) in [6.45, 7) is 12.8. The van der Waals surface area contributed by atoms with Crippen LogP contribution < -0.4 is 0 Å². The quantitative estimate of drug-likeness (QED) is 0.646. The van der Waals surface area contributed by atoms with Gasteiger partial charge in [-0.2, -0.15) is 13.8 Å². The maximum Gasteiger partial charge on any atom is 0 e. The van der Waals surface area contributed by atoms with Crippen molar-refractivity contribution in [3.8, 4) is 0 Å². The fraction of sp³-hybridized carbons (Fsp3) is 0.571. The summed E-state index contributed by atoms with van der Waals surface area (Å²) >= 11 is 0. The molecule has 0 saturated carbocycles. The van der Waals surface area contributed by atoms with Crippen molar-refractivity contribution >= 4 is 0 Å². The van der Waals surface area contributed by atoms with Gasteiger partial charge in [0.25, 0.3) is 0 Å². The fourth-order valence-corrected chi connectivity index (χ4v) is 0. The van der Waals surface area contributed by atoms with Crippen LogP contribution in [-0.4, -0.2) is 0 Å². The summed E-state index contributed by atoms with van der Waals surface area (Å²) in [5.41, 5.74) is 0. The zero-order chi connectivity index (χ0) is 6.28. The molecule has 0 aromatic heterocycles. The van der Waals surface area contributed by atoms with Crippen molar-refractivity contribution in [3.63, 3.8) is 0 Å². The maximum absolute atomic E-state index is 3.70. The first-order valence-electron chi connectivity index (χ1n) is 2.60. The summed E-state index contributed by atoms with van der Waals surface area (Å²) in [4.78, 5) is 0. The molecule has 2 heteroatoms. The molecule has 1 unspecified atom stereocenters. The minimum absolute atomic E-state index is 0. The van der Waals surface area contributed by atoms with E-state index in [-0.39, 0.29) is 65.4 Å². The van der Waals surface area contributed by atoms with Crippen LogP contribution in [0.5, 0.6) is 0 Å². The molecule has 0 heterocycles. The standard InChI is InChI=1S/C5H10.C2H5.2Y/c1-4-5(2)3;1-2;;/h4-5H,2H2,1,3H3;1H2,2H3;;/q-2;-1;;. The molecular weight excluding hydrogens is 262 g/mol. The minimum atomic E-state index is 0. The van der Waals surface area contributed by atoms with Crippen LogP contribution in [0.15, 0.2) is 0 Å². The molecule has 0 amide bonds. The molecule has 52 valence electrons. The van der Waals surface area contributed by atoms with Gasteiger partial charge in [-0.3, -0.25) is 0 Å². The van der Waals surface area contributed by atoms with Gasteiger partial charge in [0.15, 0.2) is 0 Å². The Labute approximate surface area is 111 Å². The van der Waals surface area contributed by atoms with E-state index in [2.05, 4.69) is 27.2 Å². The van der Waals surface area contributed by atoms with E-state index in [0.717, 1.165) is 0 Å². The van der Waals surface area contributed by atoms with Gasteiger partial charge in [0, 0.05) is 65.4 Å². The summed E-state index contributed by atoms with van der Waals surface area (Å²) in [6.07, 6.45) is 2.06. The zero-order valence-electron chi connectivity index (χ0n) is 6.72. The van der Waals surface area contributed by atoms with E-state index in [9.17, 15) is 0 Å². The number of hydrogen-bond acceptors (Lipinski definition) is 0. The fourth-order valence-electron chi connectivity index (χ4n) is 0. The predicted octanol–water partition coefficient (Wildman–Crippen LogP) is 2.52. The number of rotatable bonds is 1. The topological polar surface area (TPSA) is 0 Å². The van der Waals surface area contributed by atoms with Crippen LogP contribution in [0.1, 0.15) is 20.8 Å². The molecule has 1 atom stereocenters. The first-order valence-corrected chi connectivity index (χ1v) is 2.60. The minimum Gasteiger partial charge on any atom is -0.370 e. The molecule has 0 spiro atoms. The van der Waals surface area contributed by atoms with Crippen molar-refractivity contribution in [1.29, 1.82) is 0 Å². The van der Waals surface area contributed by atoms with Crippen LogP contribution in [0.3, 0.4) is 0 Å². The Morgan fingerprint density at radius 1 is 1.22 bits per heavy atom. The van der Waals surface area contributed by atoms with Crippen LogP contribution in [0.4, 0.5) is 0 Å². The van der Waals surface area contributed by atoms with E-state index >= 15 is 0 Å².